The number of hydrogen-bond acceptors (Lipinski definition) is 3. The van der Waals surface area contributed by atoms with Gasteiger partial charge in [0.15, 0.2) is 0 Å². The lowest BCUT2D eigenvalue weighted by Crippen LogP contribution is -2.51. The molecule has 4 atom stereocenters. The van der Waals surface area contributed by atoms with Gasteiger partial charge in [-0.05, 0) is 55.3 Å². The van der Waals surface area contributed by atoms with Crippen molar-refractivity contribution in [1.29, 1.82) is 0 Å². The van der Waals surface area contributed by atoms with E-state index in [1.165, 1.54) is 31.5 Å². The van der Waals surface area contributed by atoms with Crippen molar-refractivity contribution in [3.63, 3.8) is 0 Å². The fourth-order valence-electron chi connectivity index (χ4n) is 7.21. The van der Waals surface area contributed by atoms with E-state index in [9.17, 15) is 4.79 Å². The highest BCUT2D eigenvalue weighted by atomic mass is 16.2. The van der Waals surface area contributed by atoms with Gasteiger partial charge in [0.25, 0.3) is 0 Å². The molecule has 0 aliphatic carbocycles. The molecule has 1 amide bonds. The molecule has 0 unspecified atom stereocenters. The standard InChI is InChI=1S/C33H39N3O/c1-25-20-30(35-19-11-18-29-22-34(24-31(29)35)21-26-12-5-2-6-13-26)23-36(25)33(37)32(27-14-7-3-8-15-27)28-16-9-4-10-17-28/h2-10,12-17,25,29-32H,11,18-24H2,1H3/t25-,29+,30+,31-/m1/s1. The molecule has 0 N–H and O–H groups in total. The van der Waals surface area contributed by atoms with E-state index < -0.39 is 0 Å². The van der Waals surface area contributed by atoms with Gasteiger partial charge in [0.2, 0.25) is 5.91 Å². The molecule has 0 saturated carbocycles. The predicted octanol–water partition coefficient (Wildman–Crippen LogP) is 5.40. The minimum Gasteiger partial charge on any atom is -0.338 e. The maximum absolute atomic E-state index is 14.2. The molecular formula is C33H39N3O. The van der Waals surface area contributed by atoms with E-state index >= 15 is 0 Å². The van der Waals surface area contributed by atoms with Gasteiger partial charge in [-0.15, -0.1) is 0 Å². The Morgan fingerprint density at radius 2 is 1.46 bits per heavy atom. The number of hydrogen-bond donors (Lipinski definition) is 0. The average molecular weight is 494 g/mol. The Bertz CT molecular complexity index is 1130. The summed E-state index contributed by atoms with van der Waals surface area (Å²) < 4.78 is 0. The summed E-state index contributed by atoms with van der Waals surface area (Å²) in [6.45, 7) is 7.66. The molecule has 3 aliphatic heterocycles. The van der Waals surface area contributed by atoms with E-state index in [1.54, 1.807) is 0 Å². The summed E-state index contributed by atoms with van der Waals surface area (Å²) in [7, 11) is 0. The molecule has 3 aromatic carbocycles. The zero-order valence-electron chi connectivity index (χ0n) is 22.0. The number of benzene rings is 3. The van der Waals surface area contributed by atoms with Crippen LogP contribution < -0.4 is 0 Å². The van der Waals surface area contributed by atoms with Crippen LogP contribution in [0.25, 0.3) is 0 Å². The van der Waals surface area contributed by atoms with Gasteiger partial charge in [0.05, 0.1) is 5.92 Å². The summed E-state index contributed by atoms with van der Waals surface area (Å²) in [5, 5.41) is 0. The van der Waals surface area contributed by atoms with Crippen molar-refractivity contribution in [3.8, 4) is 0 Å². The highest BCUT2D eigenvalue weighted by Crippen LogP contribution is 2.37. The van der Waals surface area contributed by atoms with Gasteiger partial charge in [-0.2, -0.15) is 0 Å². The van der Waals surface area contributed by atoms with E-state index in [1.807, 2.05) is 36.4 Å². The Balaban J connectivity index is 1.18. The molecule has 3 saturated heterocycles. The molecule has 0 spiro atoms. The van der Waals surface area contributed by atoms with Crippen molar-refractivity contribution < 1.29 is 4.79 Å². The van der Waals surface area contributed by atoms with Crippen LogP contribution in [0.4, 0.5) is 0 Å². The predicted molar refractivity (Wildman–Crippen MR) is 149 cm³/mol. The van der Waals surface area contributed by atoms with Crippen molar-refractivity contribution in [2.45, 2.75) is 56.8 Å². The quantitative estimate of drug-likeness (QED) is 0.460. The minimum absolute atomic E-state index is 0.245. The monoisotopic (exact) mass is 493 g/mol. The SMILES string of the molecule is C[C@@H]1C[C@H](N2CCC[C@H]3CN(Cc4ccccc4)C[C@H]32)CN1C(=O)C(c1ccccc1)c1ccccc1. The fourth-order valence-corrected chi connectivity index (χ4v) is 7.21. The lowest BCUT2D eigenvalue weighted by molar-refractivity contribution is -0.132. The van der Waals surface area contributed by atoms with E-state index in [4.69, 9.17) is 0 Å². The van der Waals surface area contributed by atoms with E-state index in [-0.39, 0.29) is 17.9 Å². The van der Waals surface area contributed by atoms with Crippen LogP contribution in [0, 0.1) is 5.92 Å². The first-order valence-corrected chi connectivity index (χ1v) is 14.1. The first-order chi connectivity index (χ1) is 18.2. The van der Waals surface area contributed by atoms with Crippen molar-refractivity contribution >= 4 is 5.91 Å². The van der Waals surface area contributed by atoms with Gasteiger partial charge < -0.3 is 4.90 Å². The number of amides is 1. The Morgan fingerprint density at radius 1 is 0.838 bits per heavy atom. The third kappa shape index (κ3) is 5.10. The van der Waals surface area contributed by atoms with Gasteiger partial charge >= 0.3 is 0 Å². The Hall–Kier alpha value is -2.95. The summed E-state index contributed by atoms with van der Waals surface area (Å²) in [5.74, 6) is 0.752. The molecule has 3 heterocycles. The molecule has 3 aliphatic rings. The molecule has 0 bridgehead atoms. The lowest BCUT2D eigenvalue weighted by Gasteiger charge is -2.41. The van der Waals surface area contributed by atoms with Crippen LogP contribution in [0.2, 0.25) is 0 Å². The lowest BCUT2D eigenvalue weighted by atomic mass is 9.90. The van der Waals surface area contributed by atoms with Gasteiger partial charge in [-0.3, -0.25) is 14.6 Å². The maximum atomic E-state index is 14.2. The Morgan fingerprint density at radius 3 is 2.11 bits per heavy atom. The number of nitrogens with zero attached hydrogens (tertiary/aromatic N) is 3. The van der Waals surface area contributed by atoms with Crippen molar-refractivity contribution in [2.75, 3.05) is 26.2 Å². The van der Waals surface area contributed by atoms with Crippen LogP contribution in [0.3, 0.4) is 0 Å². The van der Waals surface area contributed by atoms with Gasteiger partial charge in [0, 0.05) is 44.3 Å². The van der Waals surface area contributed by atoms with Crippen LogP contribution in [-0.2, 0) is 11.3 Å². The highest BCUT2D eigenvalue weighted by Gasteiger charge is 2.45. The van der Waals surface area contributed by atoms with E-state index in [2.05, 4.69) is 76.2 Å². The maximum Gasteiger partial charge on any atom is 0.234 e. The average Bonchev–Trinajstić information content (AvgIpc) is 3.53. The number of carbonyl (C=O) groups excluding carboxylic acids is 1. The number of piperidine rings is 1. The molecule has 3 fully saturated rings. The largest absolute Gasteiger partial charge is 0.338 e. The number of fused-ring (bicyclic) bond motifs is 1. The summed E-state index contributed by atoms with van der Waals surface area (Å²) in [4.78, 5) is 21.8. The summed E-state index contributed by atoms with van der Waals surface area (Å²) in [6, 6.07) is 32.9. The Labute approximate surface area is 221 Å². The van der Waals surface area contributed by atoms with Crippen LogP contribution in [0.1, 0.15) is 48.8 Å². The second kappa shape index (κ2) is 10.8. The molecule has 4 nitrogen and oxygen atoms in total. The summed E-state index contributed by atoms with van der Waals surface area (Å²) in [5.41, 5.74) is 3.58. The molecule has 37 heavy (non-hydrogen) atoms. The molecule has 4 heteroatoms. The van der Waals surface area contributed by atoms with Crippen LogP contribution in [0.15, 0.2) is 91.0 Å². The van der Waals surface area contributed by atoms with Crippen molar-refractivity contribution in [3.05, 3.63) is 108 Å². The zero-order chi connectivity index (χ0) is 25.2. The Kier molecular flexibility index (Phi) is 7.12. The molecule has 0 radical (unpaired) electrons. The topological polar surface area (TPSA) is 26.8 Å². The van der Waals surface area contributed by atoms with Crippen LogP contribution in [0.5, 0.6) is 0 Å². The normalized spacial score (nSPS) is 26.5. The zero-order valence-corrected chi connectivity index (χ0v) is 22.0. The number of carbonyl (C=O) groups is 1. The number of likely N-dealkylation sites (tertiary alicyclic amines) is 3. The molecule has 0 aromatic heterocycles. The number of rotatable bonds is 6. The highest BCUT2D eigenvalue weighted by molar-refractivity contribution is 5.87. The molecule has 3 aromatic rings. The third-order valence-corrected chi connectivity index (χ3v) is 8.97. The molecular weight excluding hydrogens is 454 g/mol. The van der Waals surface area contributed by atoms with E-state index in [0.717, 1.165) is 43.1 Å². The van der Waals surface area contributed by atoms with Gasteiger partial charge in [-0.1, -0.05) is 91.0 Å². The first kappa shape index (κ1) is 24.4. The third-order valence-electron chi connectivity index (χ3n) is 8.97. The molecule has 6 rings (SSSR count). The first-order valence-electron chi connectivity index (χ1n) is 14.1. The minimum atomic E-state index is -0.245. The van der Waals surface area contributed by atoms with E-state index in [0.29, 0.717) is 12.1 Å². The van der Waals surface area contributed by atoms with Crippen molar-refractivity contribution in [1.82, 2.24) is 14.7 Å². The fraction of sp³-hybridized carbons (Fsp3) is 0.424. The summed E-state index contributed by atoms with van der Waals surface area (Å²) in [6.07, 6.45) is 3.68. The van der Waals surface area contributed by atoms with Crippen LogP contribution >= 0.6 is 0 Å². The van der Waals surface area contributed by atoms with Crippen LogP contribution in [-0.4, -0.2) is 64.9 Å². The van der Waals surface area contributed by atoms with Gasteiger partial charge in [-0.25, -0.2) is 0 Å². The second-order valence-electron chi connectivity index (χ2n) is 11.4. The molecule has 192 valence electrons. The second-order valence-corrected chi connectivity index (χ2v) is 11.4. The van der Waals surface area contributed by atoms with Crippen molar-refractivity contribution in [2.24, 2.45) is 5.92 Å². The van der Waals surface area contributed by atoms with Gasteiger partial charge in [0.1, 0.15) is 0 Å². The smallest absolute Gasteiger partial charge is 0.234 e. The summed E-state index contributed by atoms with van der Waals surface area (Å²) >= 11 is 0.